The van der Waals surface area contributed by atoms with E-state index in [-0.39, 0.29) is 11.9 Å². The van der Waals surface area contributed by atoms with Crippen molar-refractivity contribution in [3.63, 3.8) is 0 Å². The minimum Gasteiger partial charge on any atom is -0.466 e. The Morgan fingerprint density at radius 1 is 1.21 bits per heavy atom. The standard InChI is InChI=1S/C17H18O2/c1-2-19-17(18)15-8-7-14-9-12-5-3-4-6-13(12)10-16(14)11-15/h3-6,9-10,15H,2,7-8,11H2,1H3. The lowest BCUT2D eigenvalue weighted by Crippen LogP contribution is -2.24. The van der Waals surface area contributed by atoms with Crippen LogP contribution in [-0.2, 0) is 22.4 Å². The summed E-state index contributed by atoms with van der Waals surface area (Å²) in [5, 5.41) is 2.54. The number of fused-ring (bicyclic) bond motifs is 2. The second-order valence-corrected chi connectivity index (χ2v) is 5.16. The largest absolute Gasteiger partial charge is 0.466 e. The van der Waals surface area contributed by atoms with Crippen LogP contribution in [0.25, 0.3) is 10.8 Å². The van der Waals surface area contributed by atoms with Gasteiger partial charge in [0.15, 0.2) is 0 Å². The molecule has 1 aliphatic rings. The van der Waals surface area contributed by atoms with Crippen LogP contribution in [0.3, 0.4) is 0 Å². The van der Waals surface area contributed by atoms with Crippen LogP contribution in [0.2, 0.25) is 0 Å². The Bertz CT molecular complexity index is 616. The number of rotatable bonds is 2. The lowest BCUT2D eigenvalue weighted by atomic mass is 9.82. The fourth-order valence-corrected chi connectivity index (χ4v) is 2.92. The van der Waals surface area contributed by atoms with Crippen molar-refractivity contribution in [3.05, 3.63) is 47.5 Å². The van der Waals surface area contributed by atoms with E-state index in [9.17, 15) is 4.79 Å². The molecule has 2 aromatic rings. The molecule has 0 saturated heterocycles. The summed E-state index contributed by atoms with van der Waals surface area (Å²) in [7, 11) is 0. The minimum absolute atomic E-state index is 0.0358. The zero-order chi connectivity index (χ0) is 13.2. The van der Waals surface area contributed by atoms with Gasteiger partial charge in [-0.1, -0.05) is 36.4 Å². The predicted molar refractivity (Wildman–Crippen MR) is 76.1 cm³/mol. The van der Waals surface area contributed by atoms with Gasteiger partial charge < -0.3 is 4.74 Å². The number of hydrogen-bond donors (Lipinski definition) is 0. The lowest BCUT2D eigenvalue weighted by molar-refractivity contribution is -0.148. The van der Waals surface area contributed by atoms with Crippen LogP contribution in [0.15, 0.2) is 36.4 Å². The number of carbonyl (C=O) groups is 1. The fourth-order valence-electron chi connectivity index (χ4n) is 2.92. The number of ether oxygens (including phenoxy) is 1. The molecule has 1 aliphatic carbocycles. The summed E-state index contributed by atoms with van der Waals surface area (Å²) in [5.74, 6) is -0.00470. The summed E-state index contributed by atoms with van der Waals surface area (Å²) >= 11 is 0. The second kappa shape index (κ2) is 5.04. The van der Waals surface area contributed by atoms with Gasteiger partial charge in [0.1, 0.15) is 0 Å². The Morgan fingerprint density at radius 3 is 2.58 bits per heavy atom. The topological polar surface area (TPSA) is 26.3 Å². The van der Waals surface area contributed by atoms with E-state index in [4.69, 9.17) is 4.74 Å². The highest BCUT2D eigenvalue weighted by Crippen LogP contribution is 2.30. The third-order valence-electron chi connectivity index (χ3n) is 3.92. The van der Waals surface area contributed by atoms with Crippen molar-refractivity contribution in [2.24, 2.45) is 5.92 Å². The molecular formula is C17H18O2. The van der Waals surface area contributed by atoms with Crippen molar-refractivity contribution in [2.45, 2.75) is 26.2 Å². The Morgan fingerprint density at radius 2 is 1.89 bits per heavy atom. The van der Waals surface area contributed by atoms with E-state index in [1.807, 2.05) is 6.92 Å². The first-order valence-corrected chi connectivity index (χ1v) is 6.95. The SMILES string of the molecule is CCOC(=O)C1CCc2cc3ccccc3cc2C1. The molecule has 0 amide bonds. The fraction of sp³-hybridized carbons (Fsp3) is 0.353. The monoisotopic (exact) mass is 254 g/mol. The summed E-state index contributed by atoms with van der Waals surface area (Å²) < 4.78 is 5.14. The lowest BCUT2D eigenvalue weighted by Gasteiger charge is -2.23. The Labute approximate surface area is 113 Å². The van der Waals surface area contributed by atoms with Crippen LogP contribution in [0.4, 0.5) is 0 Å². The summed E-state index contributed by atoms with van der Waals surface area (Å²) in [6.07, 6.45) is 2.70. The van der Waals surface area contributed by atoms with Gasteiger partial charge in [-0.2, -0.15) is 0 Å². The first-order valence-electron chi connectivity index (χ1n) is 6.95. The van der Waals surface area contributed by atoms with Crippen molar-refractivity contribution in [3.8, 4) is 0 Å². The molecule has 1 atom stereocenters. The van der Waals surface area contributed by atoms with E-state index in [0.717, 1.165) is 19.3 Å². The maximum Gasteiger partial charge on any atom is 0.309 e. The van der Waals surface area contributed by atoms with Crippen LogP contribution < -0.4 is 0 Å². The van der Waals surface area contributed by atoms with Crippen molar-refractivity contribution in [1.29, 1.82) is 0 Å². The minimum atomic E-state index is -0.0405. The molecule has 0 aliphatic heterocycles. The zero-order valence-corrected chi connectivity index (χ0v) is 11.2. The van der Waals surface area contributed by atoms with Crippen LogP contribution >= 0.6 is 0 Å². The Hall–Kier alpha value is -1.83. The molecule has 2 aromatic carbocycles. The smallest absolute Gasteiger partial charge is 0.309 e. The van der Waals surface area contributed by atoms with Crippen molar-refractivity contribution < 1.29 is 9.53 Å². The van der Waals surface area contributed by atoms with E-state index < -0.39 is 0 Å². The van der Waals surface area contributed by atoms with Crippen LogP contribution in [-0.4, -0.2) is 12.6 Å². The highest BCUT2D eigenvalue weighted by molar-refractivity contribution is 5.84. The summed E-state index contributed by atoms with van der Waals surface area (Å²) in [6.45, 7) is 2.34. The number of carbonyl (C=O) groups excluding carboxylic acids is 1. The van der Waals surface area contributed by atoms with Gasteiger partial charge in [0.25, 0.3) is 0 Å². The Kier molecular flexibility index (Phi) is 3.24. The summed E-state index contributed by atoms with van der Waals surface area (Å²) in [6, 6.07) is 12.9. The van der Waals surface area contributed by atoms with Crippen LogP contribution in [0, 0.1) is 5.92 Å². The molecule has 0 N–H and O–H groups in total. The van der Waals surface area contributed by atoms with Gasteiger partial charge in [-0.3, -0.25) is 4.79 Å². The molecule has 0 heterocycles. The van der Waals surface area contributed by atoms with Gasteiger partial charge in [0, 0.05) is 0 Å². The molecule has 0 spiro atoms. The molecule has 2 nitrogen and oxygen atoms in total. The number of hydrogen-bond acceptors (Lipinski definition) is 2. The molecular weight excluding hydrogens is 236 g/mol. The van der Waals surface area contributed by atoms with E-state index in [2.05, 4.69) is 36.4 Å². The molecule has 0 radical (unpaired) electrons. The third kappa shape index (κ3) is 2.35. The molecule has 0 fully saturated rings. The van der Waals surface area contributed by atoms with E-state index >= 15 is 0 Å². The summed E-state index contributed by atoms with van der Waals surface area (Å²) in [4.78, 5) is 11.8. The van der Waals surface area contributed by atoms with Gasteiger partial charge in [-0.05, 0) is 48.1 Å². The molecule has 3 rings (SSSR count). The molecule has 0 saturated carbocycles. The highest BCUT2D eigenvalue weighted by atomic mass is 16.5. The highest BCUT2D eigenvalue weighted by Gasteiger charge is 2.25. The average Bonchev–Trinajstić information content (AvgIpc) is 2.44. The van der Waals surface area contributed by atoms with Gasteiger partial charge in [-0.25, -0.2) is 0 Å². The number of aryl methyl sites for hydroxylation is 1. The van der Waals surface area contributed by atoms with E-state index in [0.29, 0.717) is 6.61 Å². The molecule has 0 bridgehead atoms. The molecule has 1 unspecified atom stereocenters. The first kappa shape index (κ1) is 12.2. The maximum absolute atomic E-state index is 11.8. The van der Waals surface area contributed by atoms with Crippen molar-refractivity contribution in [1.82, 2.24) is 0 Å². The predicted octanol–water partition coefficient (Wildman–Crippen LogP) is 3.51. The van der Waals surface area contributed by atoms with Crippen LogP contribution in [0.5, 0.6) is 0 Å². The number of benzene rings is 2. The zero-order valence-electron chi connectivity index (χ0n) is 11.2. The average molecular weight is 254 g/mol. The van der Waals surface area contributed by atoms with Gasteiger partial charge in [0.05, 0.1) is 12.5 Å². The Balaban J connectivity index is 1.92. The van der Waals surface area contributed by atoms with E-state index in [1.54, 1.807) is 0 Å². The molecule has 2 heteroatoms. The summed E-state index contributed by atoms with van der Waals surface area (Å²) in [5.41, 5.74) is 2.70. The molecule has 0 aromatic heterocycles. The number of esters is 1. The van der Waals surface area contributed by atoms with Crippen molar-refractivity contribution in [2.75, 3.05) is 6.61 Å². The van der Waals surface area contributed by atoms with Crippen LogP contribution in [0.1, 0.15) is 24.5 Å². The van der Waals surface area contributed by atoms with Gasteiger partial charge in [-0.15, -0.1) is 0 Å². The quantitative estimate of drug-likeness (QED) is 0.767. The van der Waals surface area contributed by atoms with E-state index in [1.165, 1.54) is 21.9 Å². The second-order valence-electron chi connectivity index (χ2n) is 5.16. The molecule has 19 heavy (non-hydrogen) atoms. The van der Waals surface area contributed by atoms with Gasteiger partial charge >= 0.3 is 5.97 Å². The van der Waals surface area contributed by atoms with Crippen molar-refractivity contribution >= 4 is 16.7 Å². The third-order valence-corrected chi connectivity index (χ3v) is 3.92. The first-order chi connectivity index (χ1) is 9.28. The molecule has 98 valence electrons. The normalized spacial score (nSPS) is 18.1. The maximum atomic E-state index is 11.8. The van der Waals surface area contributed by atoms with Gasteiger partial charge in [0.2, 0.25) is 0 Å².